The average Bonchev–Trinajstić information content (AvgIpc) is 2.18. The third kappa shape index (κ3) is 7.88. The Morgan fingerprint density at radius 3 is 2.29 bits per heavy atom. The molecule has 1 aliphatic carbocycles. The first-order valence-electron chi connectivity index (χ1n) is 7.75. The number of nitrogens with one attached hydrogen (secondary N) is 1. The third-order valence-corrected chi connectivity index (χ3v) is 3.24. The number of hydrogen-bond acceptors (Lipinski definition) is 3. The van der Waals surface area contributed by atoms with E-state index in [2.05, 4.69) is 26.1 Å². The maximum absolute atomic E-state index is 11.9. The summed E-state index contributed by atoms with van der Waals surface area (Å²) < 4.78 is 5.18. The Bertz CT molecular complexity index is 405. The van der Waals surface area contributed by atoms with Crippen LogP contribution in [0.2, 0.25) is 0 Å². The van der Waals surface area contributed by atoms with Gasteiger partial charge in [0.05, 0.1) is 0 Å². The lowest BCUT2D eigenvalue weighted by atomic mass is 9.82. The van der Waals surface area contributed by atoms with Gasteiger partial charge in [0.2, 0.25) is 5.91 Å². The normalized spacial score (nSPS) is 18.0. The van der Waals surface area contributed by atoms with E-state index in [1.54, 1.807) is 0 Å². The van der Waals surface area contributed by atoms with E-state index in [1.165, 1.54) is 0 Å². The van der Waals surface area contributed by atoms with Crippen molar-refractivity contribution in [3.63, 3.8) is 0 Å². The molecule has 0 saturated heterocycles. The second kappa shape index (κ2) is 7.10. The molecule has 120 valence electrons. The van der Waals surface area contributed by atoms with Crippen LogP contribution in [0.25, 0.3) is 0 Å². The Labute approximate surface area is 128 Å². The van der Waals surface area contributed by atoms with E-state index in [9.17, 15) is 9.59 Å². The van der Waals surface area contributed by atoms with Gasteiger partial charge in [-0.25, -0.2) is 0 Å². The SMILES string of the molecule is CC(C)(C)CC(C)(C)NC(=O)CCCC(=O)OC1C=CC1. The van der Waals surface area contributed by atoms with Gasteiger partial charge in [0.25, 0.3) is 0 Å². The Morgan fingerprint density at radius 2 is 1.81 bits per heavy atom. The zero-order valence-electron chi connectivity index (χ0n) is 14.0. The molecule has 0 fully saturated rings. The summed E-state index contributed by atoms with van der Waals surface area (Å²) >= 11 is 0. The highest BCUT2D eigenvalue weighted by Gasteiger charge is 2.26. The summed E-state index contributed by atoms with van der Waals surface area (Å²) in [5, 5.41) is 3.05. The van der Waals surface area contributed by atoms with E-state index in [4.69, 9.17) is 4.74 Å². The number of amides is 1. The summed E-state index contributed by atoms with van der Waals surface area (Å²) in [6, 6.07) is 0. The van der Waals surface area contributed by atoms with E-state index >= 15 is 0 Å². The van der Waals surface area contributed by atoms with Gasteiger partial charge in [0, 0.05) is 24.8 Å². The molecule has 1 aliphatic rings. The van der Waals surface area contributed by atoms with Crippen LogP contribution in [0, 0.1) is 5.41 Å². The third-order valence-electron chi connectivity index (χ3n) is 3.24. The van der Waals surface area contributed by atoms with Gasteiger partial charge in [0.15, 0.2) is 0 Å². The highest BCUT2D eigenvalue weighted by molar-refractivity contribution is 5.77. The Balaban J connectivity index is 2.20. The van der Waals surface area contributed by atoms with Crippen LogP contribution in [-0.4, -0.2) is 23.5 Å². The smallest absolute Gasteiger partial charge is 0.306 e. The number of ether oxygens (including phenoxy) is 1. The minimum atomic E-state index is -0.230. The van der Waals surface area contributed by atoms with Gasteiger partial charge < -0.3 is 10.1 Å². The summed E-state index contributed by atoms with van der Waals surface area (Å²) in [4.78, 5) is 23.5. The topological polar surface area (TPSA) is 55.4 Å². The van der Waals surface area contributed by atoms with Crippen molar-refractivity contribution in [3.8, 4) is 0 Å². The van der Waals surface area contributed by atoms with E-state index in [0.29, 0.717) is 19.3 Å². The predicted molar refractivity (Wildman–Crippen MR) is 83.8 cm³/mol. The van der Waals surface area contributed by atoms with Crippen molar-refractivity contribution in [2.45, 2.75) is 78.4 Å². The summed E-state index contributed by atoms with van der Waals surface area (Å²) in [6.45, 7) is 10.5. The first kappa shape index (κ1) is 17.7. The van der Waals surface area contributed by atoms with Crippen LogP contribution in [0.15, 0.2) is 12.2 Å². The average molecular weight is 295 g/mol. The zero-order valence-corrected chi connectivity index (χ0v) is 14.0. The minimum Gasteiger partial charge on any atom is -0.458 e. The first-order chi connectivity index (χ1) is 9.57. The monoisotopic (exact) mass is 295 g/mol. The Hall–Kier alpha value is -1.32. The van der Waals surface area contributed by atoms with Crippen molar-refractivity contribution in [1.29, 1.82) is 0 Å². The van der Waals surface area contributed by atoms with Crippen LogP contribution in [0.4, 0.5) is 0 Å². The second-order valence-corrected chi connectivity index (χ2v) is 7.72. The van der Waals surface area contributed by atoms with E-state index in [1.807, 2.05) is 26.0 Å². The van der Waals surface area contributed by atoms with E-state index in [0.717, 1.165) is 12.8 Å². The van der Waals surface area contributed by atoms with Crippen LogP contribution in [0.5, 0.6) is 0 Å². The summed E-state index contributed by atoms with van der Waals surface area (Å²) in [7, 11) is 0. The predicted octanol–water partition coefficient (Wildman–Crippen LogP) is 3.36. The molecular formula is C17H29NO3. The van der Waals surface area contributed by atoms with Gasteiger partial charge in [-0.15, -0.1) is 0 Å². The molecule has 0 bridgehead atoms. The maximum Gasteiger partial charge on any atom is 0.306 e. The fraction of sp³-hybridized carbons (Fsp3) is 0.765. The van der Waals surface area contributed by atoms with Gasteiger partial charge in [-0.1, -0.05) is 26.8 Å². The molecule has 4 nitrogen and oxygen atoms in total. The first-order valence-corrected chi connectivity index (χ1v) is 7.75. The van der Waals surface area contributed by atoms with E-state index < -0.39 is 0 Å². The number of rotatable bonds is 7. The largest absolute Gasteiger partial charge is 0.458 e. The van der Waals surface area contributed by atoms with Gasteiger partial charge >= 0.3 is 5.97 Å². The lowest BCUT2D eigenvalue weighted by Crippen LogP contribution is -2.45. The molecule has 0 aliphatic heterocycles. The highest BCUT2D eigenvalue weighted by Crippen LogP contribution is 2.26. The van der Waals surface area contributed by atoms with Crippen molar-refractivity contribution >= 4 is 11.9 Å². The lowest BCUT2D eigenvalue weighted by molar-refractivity contribution is -0.147. The van der Waals surface area contributed by atoms with Crippen molar-refractivity contribution in [2.75, 3.05) is 0 Å². The molecule has 0 aromatic heterocycles. The van der Waals surface area contributed by atoms with Crippen molar-refractivity contribution in [3.05, 3.63) is 12.2 Å². The quantitative estimate of drug-likeness (QED) is 0.579. The molecule has 0 aromatic carbocycles. The van der Waals surface area contributed by atoms with Gasteiger partial charge in [-0.3, -0.25) is 9.59 Å². The van der Waals surface area contributed by atoms with Crippen LogP contribution < -0.4 is 5.32 Å². The van der Waals surface area contributed by atoms with Crippen LogP contribution in [0.1, 0.15) is 66.7 Å². The molecule has 4 heteroatoms. The summed E-state index contributed by atoms with van der Waals surface area (Å²) in [5.41, 5.74) is -0.0660. The Morgan fingerprint density at radius 1 is 1.19 bits per heavy atom. The molecule has 1 atom stereocenters. The van der Waals surface area contributed by atoms with Crippen LogP contribution >= 0.6 is 0 Å². The Kier molecular flexibility index (Phi) is 5.99. The van der Waals surface area contributed by atoms with Gasteiger partial charge in [-0.05, 0) is 38.2 Å². The number of carbonyl (C=O) groups excluding carboxylic acids is 2. The summed E-state index contributed by atoms with van der Waals surface area (Å²) in [6.07, 6.45) is 6.72. The lowest BCUT2D eigenvalue weighted by Gasteiger charge is -2.33. The molecule has 0 radical (unpaired) electrons. The molecule has 1 N–H and O–H groups in total. The van der Waals surface area contributed by atoms with Crippen LogP contribution in [0.3, 0.4) is 0 Å². The summed E-state index contributed by atoms with van der Waals surface area (Å²) in [5.74, 6) is -0.216. The fourth-order valence-electron chi connectivity index (χ4n) is 2.77. The second-order valence-electron chi connectivity index (χ2n) is 7.72. The van der Waals surface area contributed by atoms with Gasteiger partial charge in [0.1, 0.15) is 6.10 Å². The van der Waals surface area contributed by atoms with Crippen LogP contribution in [-0.2, 0) is 14.3 Å². The number of hydrogen-bond donors (Lipinski definition) is 1. The van der Waals surface area contributed by atoms with Crippen molar-refractivity contribution < 1.29 is 14.3 Å². The molecule has 0 aromatic rings. The molecule has 1 unspecified atom stereocenters. The minimum absolute atomic E-state index is 0.000546. The molecule has 1 rings (SSSR count). The maximum atomic E-state index is 11.9. The molecule has 0 spiro atoms. The van der Waals surface area contributed by atoms with Crippen molar-refractivity contribution in [1.82, 2.24) is 5.32 Å². The van der Waals surface area contributed by atoms with Gasteiger partial charge in [-0.2, -0.15) is 0 Å². The fourth-order valence-corrected chi connectivity index (χ4v) is 2.77. The molecule has 0 saturated carbocycles. The number of esters is 1. The van der Waals surface area contributed by atoms with Crippen molar-refractivity contribution in [2.24, 2.45) is 5.41 Å². The standard InChI is InChI=1S/C17H29NO3/c1-16(2,3)12-17(4,5)18-14(19)10-7-11-15(20)21-13-8-6-9-13/h6,8,13H,7,9-12H2,1-5H3,(H,18,19). The zero-order chi connectivity index (χ0) is 16.1. The molecule has 21 heavy (non-hydrogen) atoms. The molecular weight excluding hydrogens is 266 g/mol. The molecule has 0 heterocycles. The van der Waals surface area contributed by atoms with E-state index in [-0.39, 0.29) is 28.9 Å². The molecule has 1 amide bonds. The number of carbonyl (C=O) groups is 2. The highest BCUT2D eigenvalue weighted by atomic mass is 16.5.